The molecule has 1 atom stereocenters. The van der Waals surface area contributed by atoms with Gasteiger partial charge in [0.1, 0.15) is 0 Å². The Morgan fingerprint density at radius 2 is 1.71 bits per heavy atom. The van der Waals surface area contributed by atoms with Gasteiger partial charge in [-0.3, -0.25) is 4.79 Å². The molecule has 21 heavy (non-hydrogen) atoms. The van der Waals surface area contributed by atoms with Crippen LogP contribution in [0.4, 0.5) is 0 Å². The first-order valence-corrected chi connectivity index (χ1v) is 7.06. The van der Waals surface area contributed by atoms with E-state index >= 15 is 0 Å². The SMILES string of the molecule is COc1ccc2c(c1OC)C[C@H](c1ccccc1)CC2=O. The monoisotopic (exact) mass is 282 g/mol. The molecule has 0 aromatic heterocycles. The topological polar surface area (TPSA) is 35.5 Å². The van der Waals surface area contributed by atoms with Gasteiger partial charge in [-0.05, 0) is 30.0 Å². The van der Waals surface area contributed by atoms with Gasteiger partial charge in [0.2, 0.25) is 0 Å². The molecule has 2 aromatic carbocycles. The van der Waals surface area contributed by atoms with E-state index in [0.717, 1.165) is 17.5 Å². The molecule has 0 fully saturated rings. The first-order chi connectivity index (χ1) is 10.2. The van der Waals surface area contributed by atoms with E-state index in [2.05, 4.69) is 12.1 Å². The van der Waals surface area contributed by atoms with Crippen LogP contribution in [-0.4, -0.2) is 20.0 Å². The number of fused-ring (bicyclic) bond motifs is 1. The van der Waals surface area contributed by atoms with Crippen molar-refractivity contribution in [2.24, 2.45) is 0 Å². The summed E-state index contributed by atoms with van der Waals surface area (Å²) in [5, 5.41) is 0. The zero-order valence-electron chi connectivity index (χ0n) is 12.3. The molecule has 0 heterocycles. The molecular formula is C18H18O3. The smallest absolute Gasteiger partial charge is 0.164 e. The van der Waals surface area contributed by atoms with E-state index in [9.17, 15) is 4.79 Å². The lowest BCUT2D eigenvalue weighted by atomic mass is 9.79. The molecule has 0 amide bonds. The van der Waals surface area contributed by atoms with Gasteiger partial charge in [-0.2, -0.15) is 0 Å². The van der Waals surface area contributed by atoms with Crippen LogP contribution in [0.25, 0.3) is 0 Å². The number of ether oxygens (including phenoxy) is 2. The zero-order chi connectivity index (χ0) is 14.8. The molecular weight excluding hydrogens is 264 g/mol. The van der Waals surface area contributed by atoms with Crippen LogP contribution in [-0.2, 0) is 6.42 Å². The van der Waals surface area contributed by atoms with E-state index in [4.69, 9.17) is 9.47 Å². The van der Waals surface area contributed by atoms with Crippen LogP contribution in [0.5, 0.6) is 11.5 Å². The molecule has 3 heteroatoms. The average molecular weight is 282 g/mol. The third kappa shape index (κ3) is 2.40. The van der Waals surface area contributed by atoms with Gasteiger partial charge in [-0.1, -0.05) is 30.3 Å². The van der Waals surface area contributed by atoms with Crippen molar-refractivity contribution in [1.29, 1.82) is 0 Å². The van der Waals surface area contributed by atoms with Crippen LogP contribution in [0.3, 0.4) is 0 Å². The summed E-state index contributed by atoms with van der Waals surface area (Å²) in [4.78, 5) is 12.4. The second-order valence-electron chi connectivity index (χ2n) is 5.27. The van der Waals surface area contributed by atoms with Gasteiger partial charge in [0.05, 0.1) is 14.2 Å². The molecule has 3 nitrogen and oxygen atoms in total. The van der Waals surface area contributed by atoms with Gasteiger partial charge in [-0.25, -0.2) is 0 Å². The third-order valence-electron chi connectivity index (χ3n) is 4.10. The molecule has 0 N–H and O–H groups in total. The fourth-order valence-corrected chi connectivity index (χ4v) is 3.07. The number of ketones is 1. The van der Waals surface area contributed by atoms with E-state index in [0.29, 0.717) is 17.9 Å². The number of hydrogen-bond acceptors (Lipinski definition) is 3. The Morgan fingerprint density at radius 1 is 0.952 bits per heavy atom. The Bertz CT molecular complexity index is 662. The van der Waals surface area contributed by atoms with E-state index < -0.39 is 0 Å². The molecule has 1 aliphatic carbocycles. The van der Waals surface area contributed by atoms with Crippen LogP contribution < -0.4 is 9.47 Å². The highest BCUT2D eigenvalue weighted by Crippen LogP contribution is 2.41. The van der Waals surface area contributed by atoms with Gasteiger partial charge in [-0.15, -0.1) is 0 Å². The quantitative estimate of drug-likeness (QED) is 0.862. The van der Waals surface area contributed by atoms with E-state index in [1.54, 1.807) is 20.3 Å². The molecule has 108 valence electrons. The number of benzene rings is 2. The minimum absolute atomic E-state index is 0.172. The number of hydrogen-bond donors (Lipinski definition) is 0. The van der Waals surface area contributed by atoms with Crippen molar-refractivity contribution in [2.75, 3.05) is 14.2 Å². The molecule has 0 unspecified atom stereocenters. The number of methoxy groups -OCH3 is 2. The predicted molar refractivity (Wildman–Crippen MR) is 81.4 cm³/mol. The van der Waals surface area contributed by atoms with Gasteiger partial charge < -0.3 is 9.47 Å². The molecule has 0 saturated carbocycles. The van der Waals surface area contributed by atoms with Crippen molar-refractivity contribution in [2.45, 2.75) is 18.8 Å². The molecule has 0 spiro atoms. The van der Waals surface area contributed by atoms with Crippen molar-refractivity contribution < 1.29 is 14.3 Å². The van der Waals surface area contributed by atoms with Crippen molar-refractivity contribution in [3.63, 3.8) is 0 Å². The average Bonchev–Trinajstić information content (AvgIpc) is 2.54. The molecule has 0 radical (unpaired) electrons. The van der Waals surface area contributed by atoms with E-state index in [-0.39, 0.29) is 11.7 Å². The molecule has 0 bridgehead atoms. The van der Waals surface area contributed by atoms with Gasteiger partial charge in [0.25, 0.3) is 0 Å². The number of rotatable bonds is 3. The summed E-state index contributed by atoms with van der Waals surface area (Å²) in [6.45, 7) is 0. The van der Waals surface area contributed by atoms with E-state index in [1.165, 1.54) is 5.56 Å². The standard InChI is InChI=1S/C18H18O3/c1-20-17-9-8-14-15(18(17)21-2)10-13(11-16(14)19)12-6-4-3-5-7-12/h3-9,13H,10-11H2,1-2H3/t13-/m0/s1. The molecule has 0 saturated heterocycles. The van der Waals surface area contributed by atoms with Crippen LogP contribution in [0, 0.1) is 0 Å². The predicted octanol–water partition coefficient (Wildman–Crippen LogP) is 3.62. The third-order valence-corrected chi connectivity index (χ3v) is 4.10. The maximum absolute atomic E-state index is 12.4. The second kappa shape index (κ2) is 5.60. The Balaban J connectivity index is 2.06. The number of Topliss-reactive ketones (excluding diaryl/α,β-unsaturated/α-hetero) is 1. The summed E-state index contributed by atoms with van der Waals surface area (Å²) in [6.07, 6.45) is 1.35. The lowest BCUT2D eigenvalue weighted by Crippen LogP contribution is -2.19. The minimum atomic E-state index is 0.172. The summed E-state index contributed by atoms with van der Waals surface area (Å²) >= 11 is 0. The highest BCUT2D eigenvalue weighted by Gasteiger charge is 2.29. The second-order valence-corrected chi connectivity index (χ2v) is 5.27. The maximum Gasteiger partial charge on any atom is 0.164 e. The largest absolute Gasteiger partial charge is 0.493 e. The zero-order valence-corrected chi connectivity index (χ0v) is 12.3. The van der Waals surface area contributed by atoms with Gasteiger partial charge in [0.15, 0.2) is 17.3 Å². The summed E-state index contributed by atoms with van der Waals surface area (Å²) in [6, 6.07) is 13.8. The summed E-state index contributed by atoms with van der Waals surface area (Å²) in [7, 11) is 3.23. The minimum Gasteiger partial charge on any atom is -0.493 e. The van der Waals surface area contributed by atoms with Crippen molar-refractivity contribution in [3.05, 3.63) is 59.2 Å². The lowest BCUT2D eigenvalue weighted by molar-refractivity contribution is 0.0963. The Morgan fingerprint density at radius 3 is 2.38 bits per heavy atom. The van der Waals surface area contributed by atoms with Crippen LogP contribution in [0.15, 0.2) is 42.5 Å². The van der Waals surface area contributed by atoms with Gasteiger partial charge >= 0.3 is 0 Å². The summed E-state index contributed by atoms with van der Waals surface area (Å²) < 4.78 is 10.8. The first-order valence-electron chi connectivity index (χ1n) is 7.06. The maximum atomic E-state index is 12.4. The summed E-state index contributed by atoms with van der Waals surface area (Å²) in [5.74, 6) is 1.74. The van der Waals surface area contributed by atoms with Crippen molar-refractivity contribution in [1.82, 2.24) is 0 Å². The van der Waals surface area contributed by atoms with Gasteiger partial charge in [0, 0.05) is 17.5 Å². The van der Waals surface area contributed by atoms with Crippen molar-refractivity contribution in [3.8, 4) is 11.5 Å². The Hall–Kier alpha value is -2.29. The van der Waals surface area contributed by atoms with E-state index in [1.807, 2.05) is 24.3 Å². The fraction of sp³-hybridized carbons (Fsp3) is 0.278. The number of carbonyl (C=O) groups is 1. The highest BCUT2D eigenvalue weighted by molar-refractivity contribution is 6.00. The molecule has 0 aliphatic heterocycles. The Labute approximate surface area is 124 Å². The highest BCUT2D eigenvalue weighted by atomic mass is 16.5. The first kappa shape index (κ1) is 13.7. The molecule has 2 aromatic rings. The molecule has 3 rings (SSSR count). The fourth-order valence-electron chi connectivity index (χ4n) is 3.07. The number of carbonyl (C=O) groups excluding carboxylic acids is 1. The normalized spacial score (nSPS) is 17.2. The van der Waals surface area contributed by atoms with Crippen LogP contribution in [0.1, 0.15) is 33.8 Å². The Kier molecular flexibility index (Phi) is 3.65. The van der Waals surface area contributed by atoms with Crippen molar-refractivity contribution >= 4 is 5.78 Å². The van der Waals surface area contributed by atoms with Crippen LogP contribution in [0.2, 0.25) is 0 Å². The van der Waals surface area contributed by atoms with Crippen LogP contribution >= 0.6 is 0 Å². The summed E-state index contributed by atoms with van der Waals surface area (Å²) in [5.41, 5.74) is 2.92. The molecule has 1 aliphatic rings. The lowest BCUT2D eigenvalue weighted by Gasteiger charge is -2.26.